The van der Waals surface area contributed by atoms with Crippen LogP contribution in [0.5, 0.6) is 0 Å². The Labute approximate surface area is 123 Å². The van der Waals surface area contributed by atoms with Gasteiger partial charge in [0.1, 0.15) is 0 Å². The third kappa shape index (κ3) is 3.86. The molecule has 0 aliphatic rings. The van der Waals surface area contributed by atoms with Gasteiger partial charge in [-0.3, -0.25) is 0 Å². The second-order valence-electron chi connectivity index (χ2n) is 5.41. The van der Waals surface area contributed by atoms with E-state index in [4.69, 9.17) is 0 Å². The number of hydrogen-bond acceptors (Lipinski definition) is 1. The Kier molecular flexibility index (Phi) is 5.23. The summed E-state index contributed by atoms with van der Waals surface area (Å²) in [7, 11) is 0. The highest BCUT2D eigenvalue weighted by molar-refractivity contribution is 5.46. The highest BCUT2D eigenvalue weighted by Gasteiger charge is 2.05. The van der Waals surface area contributed by atoms with Crippen LogP contribution in [0, 0.1) is 0 Å². The monoisotopic (exact) mass is 267 g/mol. The van der Waals surface area contributed by atoms with Gasteiger partial charge in [0.15, 0.2) is 0 Å². The van der Waals surface area contributed by atoms with Crippen molar-refractivity contribution in [1.82, 2.24) is 0 Å². The summed E-state index contributed by atoms with van der Waals surface area (Å²) >= 11 is 0. The first-order valence-electron chi connectivity index (χ1n) is 7.67. The van der Waals surface area contributed by atoms with Crippen molar-refractivity contribution in [2.24, 2.45) is 0 Å². The first kappa shape index (κ1) is 14.6. The quantitative estimate of drug-likeness (QED) is 0.741. The van der Waals surface area contributed by atoms with E-state index in [1.54, 1.807) is 0 Å². The molecule has 2 aromatic carbocycles. The van der Waals surface area contributed by atoms with Crippen LogP contribution >= 0.6 is 0 Å². The molecule has 1 atom stereocenters. The molecule has 0 bridgehead atoms. The summed E-state index contributed by atoms with van der Waals surface area (Å²) in [6, 6.07) is 18.0. The van der Waals surface area contributed by atoms with Gasteiger partial charge in [-0.1, -0.05) is 56.7 Å². The molecule has 0 amide bonds. The smallest absolute Gasteiger partial charge is 0.0485 e. The first-order chi connectivity index (χ1) is 9.72. The molecule has 1 unspecified atom stereocenters. The molecular weight excluding hydrogens is 242 g/mol. The molecule has 1 nitrogen and oxygen atoms in total. The Morgan fingerprint density at radius 2 is 1.45 bits per heavy atom. The number of aryl methyl sites for hydroxylation is 2. The first-order valence-corrected chi connectivity index (χ1v) is 7.67. The highest BCUT2D eigenvalue weighted by atomic mass is 14.9. The van der Waals surface area contributed by atoms with Crippen molar-refractivity contribution in [3.63, 3.8) is 0 Å². The molecule has 106 valence electrons. The summed E-state index contributed by atoms with van der Waals surface area (Å²) in [4.78, 5) is 0. The lowest BCUT2D eigenvalue weighted by atomic mass is 10.0. The average molecular weight is 267 g/mol. The number of anilines is 1. The molecule has 1 N–H and O–H groups in total. The lowest BCUT2D eigenvalue weighted by Crippen LogP contribution is -2.06. The summed E-state index contributed by atoms with van der Waals surface area (Å²) in [6.45, 7) is 6.61. The molecule has 0 fully saturated rings. The molecule has 2 aromatic rings. The normalized spacial score (nSPS) is 12.2. The third-order valence-corrected chi connectivity index (χ3v) is 3.76. The lowest BCUT2D eigenvalue weighted by Gasteiger charge is -2.16. The van der Waals surface area contributed by atoms with Crippen molar-refractivity contribution in [1.29, 1.82) is 0 Å². The second-order valence-corrected chi connectivity index (χ2v) is 5.41. The molecule has 20 heavy (non-hydrogen) atoms. The van der Waals surface area contributed by atoms with Crippen molar-refractivity contribution < 1.29 is 0 Å². The molecule has 0 saturated carbocycles. The van der Waals surface area contributed by atoms with E-state index in [0.29, 0.717) is 6.04 Å². The van der Waals surface area contributed by atoms with E-state index in [2.05, 4.69) is 74.6 Å². The summed E-state index contributed by atoms with van der Waals surface area (Å²) in [6.07, 6.45) is 3.46. The van der Waals surface area contributed by atoms with Gasteiger partial charge in [0.25, 0.3) is 0 Å². The van der Waals surface area contributed by atoms with Crippen LogP contribution < -0.4 is 5.32 Å². The minimum Gasteiger partial charge on any atom is -0.379 e. The largest absolute Gasteiger partial charge is 0.379 e. The fourth-order valence-electron chi connectivity index (χ4n) is 2.43. The lowest BCUT2D eigenvalue weighted by molar-refractivity contribution is 0.876. The van der Waals surface area contributed by atoms with Crippen LogP contribution in [-0.4, -0.2) is 0 Å². The maximum absolute atomic E-state index is 3.56. The molecule has 0 aliphatic heterocycles. The zero-order valence-corrected chi connectivity index (χ0v) is 12.8. The predicted octanol–water partition coefficient (Wildman–Crippen LogP) is 5.37. The maximum Gasteiger partial charge on any atom is 0.0485 e. The zero-order valence-electron chi connectivity index (χ0n) is 12.8. The fraction of sp³-hybridized carbons (Fsp3) is 0.368. The Hall–Kier alpha value is -1.76. The number of nitrogens with one attached hydrogen (secondary N) is 1. The molecule has 0 heterocycles. The van der Waals surface area contributed by atoms with Crippen molar-refractivity contribution in [2.45, 2.75) is 46.1 Å². The van der Waals surface area contributed by atoms with Crippen molar-refractivity contribution >= 4 is 5.69 Å². The van der Waals surface area contributed by atoms with Crippen LogP contribution in [0.2, 0.25) is 0 Å². The van der Waals surface area contributed by atoms with Crippen LogP contribution in [-0.2, 0) is 12.8 Å². The fourth-order valence-corrected chi connectivity index (χ4v) is 2.43. The van der Waals surface area contributed by atoms with Gasteiger partial charge in [-0.25, -0.2) is 0 Å². The van der Waals surface area contributed by atoms with Crippen molar-refractivity contribution in [3.8, 4) is 0 Å². The van der Waals surface area contributed by atoms with Gasteiger partial charge in [-0.05, 0) is 48.6 Å². The Morgan fingerprint density at radius 3 is 2.00 bits per heavy atom. The van der Waals surface area contributed by atoms with Crippen LogP contribution in [0.15, 0.2) is 48.5 Å². The molecule has 0 saturated heterocycles. The summed E-state index contributed by atoms with van der Waals surface area (Å²) < 4.78 is 0. The molecule has 2 rings (SSSR count). The summed E-state index contributed by atoms with van der Waals surface area (Å²) in [5.74, 6) is 0. The molecular formula is C19H25N. The average Bonchev–Trinajstić information content (AvgIpc) is 2.49. The minimum absolute atomic E-state index is 0.332. The van der Waals surface area contributed by atoms with Gasteiger partial charge in [0.2, 0.25) is 0 Å². The van der Waals surface area contributed by atoms with Crippen LogP contribution in [0.25, 0.3) is 0 Å². The molecule has 1 heteroatoms. The Morgan fingerprint density at radius 1 is 0.850 bits per heavy atom. The Balaban J connectivity index is 2.01. The van der Waals surface area contributed by atoms with E-state index >= 15 is 0 Å². The van der Waals surface area contributed by atoms with E-state index in [9.17, 15) is 0 Å². The SMILES string of the molecule is CCCc1ccc(C(C)Nc2ccc(CC)cc2)cc1. The predicted molar refractivity (Wildman–Crippen MR) is 88.3 cm³/mol. The standard InChI is InChI=1S/C19H25N/c1-4-6-17-7-11-18(12-8-17)15(3)20-19-13-9-16(5-2)10-14-19/h7-15,20H,4-6H2,1-3H3. The molecule has 0 radical (unpaired) electrons. The number of hydrogen-bond donors (Lipinski definition) is 1. The van der Waals surface area contributed by atoms with Crippen LogP contribution in [0.1, 0.15) is 49.9 Å². The molecule has 0 aromatic heterocycles. The van der Waals surface area contributed by atoms with E-state index in [1.807, 2.05) is 0 Å². The number of rotatable bonds is 6. The van der Waals surface area contributed by atoms with Crippen LogP contribution in [0.3, 0.4) is 0 Å². The van der Waals surface area contributed by atoms with Gasteiger partial charge in [0, 0.05) is 11.7 Å². The highest BCUT2D eigenvalue weighted by Crippen LogP contribution is 2.20. The van der Waals surface area contributed by atoms with E-state index in [1.165, 1.54) is 35.2 Å². The summed E-state index contributed by atoms with van der Waals surface area (Å²) in [5, 5.41) is 3.56. The van der Waals surface area contributed by atoms with E-state index < -0.39 is 0 Å². The maximum atomic E-state index is 3.56. The van der Waals surface area contributed by atoms with Crippen molar-refractivity contribution in [3.05, 3.63) is 65.2 Å². The molecule has 0 spiro atoms. The second kappa shape index (κ2) is 7.14. The van der Waals surface area contributed by atoms with Gasteiger partial charge in [-0.2, -0.15) is 0 Å². The van der Waals surface area contributed by atoms with E-state index in [0.717, 1.165) is 6.42 Å². The van der Waals surface area contributed by atoms with Gasteiger partial charge < -0.3 is 5.32 Å². The minimum atomic E-state index is 0.332. The summed E-state index contributed by atoms with van der Waals surface area (Å²) in [5.41, 5.74) is 5.33. The van der Waals surface area contributed by atoms with Gasteiger partial charge in [0.05, 0.1) is 0 Å². The number of benzene rings is 2. The third-order valence-electron chi connectivity index (χ3n) is 3.76. The Bertz CT molecular complexity index is 510. The van der Waals surface area contributed by atoms with Gasteiger partial charge >= 0.3 is 0 Å². The van der Waals surface area contributed by atoms with E-state index in [-0.39, 0.29) is 0 Å². The topological polar surface area (TPSA) is 12.0 Å². The molecule has 0 aliphatic carbocycles. The van der Waals surface area contributed by atoms with Crippen LogP contribution in [0.4, 0.5) is 5.69 Å². The van der Waals surface area contributed by atoms with Gasteiger partial charge in [-0.15, -0.1) is 0 Å². The van der Waals surface area contributed by atoms with Crippen molar-refractivity contribution in [2.75, 3.05) is 5.32 Å². The zero-order chi connectivity index (χ0) is 14.4.